The molecule has 1 N–H and O–H groups in total. The molecule has 0 aliphatic rings. The van der Waals surface area contributed by atoms with Gasteiger partial charge in [-0.25, -0.2) is 4.98 Å². The number of hydrogen-bond acceptors (Lipinski definition) is 3. The zero-order valence-electron chi connectivity index (χ0n) is 13.8. The van der Waals surface area contributed by atoms with Gasteiger partial charge in [-0.15, -0.1) is 0 Å². The van der Waals surface area contributed by atoms with Crippen molar-refractivity contribution in [2.24, 2.45) is 5.92 Å². The fourth-order valence-electron chi connectivity index (χ4n) is 2.27. The van der Waals surface area contributed by atoms with E-state index >= 15 is 0 Å². The van der Waals surface area contributed by atoms with Crippen LogP contribution in [0.5, 0.6) is 0 Å². The van der Waals surface area contributed by atoms with Gasteiger partial charge in [-0.1, -0.05) is 13.8 Å². The monoisotopic (exact) mass is 289 g/mol. The van der Waals surface area contributed by atoms with Crippen molar-refractivity contribution < 1.29 is 0 Å². The lowest BCUT2D eigenvalue weighted by atomic mass is 10.2. The summed E-state index contributed by atoms with van der Waals surface area (Å²) < 4.78 is 4.23. The average Bonchev–Trinajstić information content (AvgIpc) is 3.00. The minimum atomic E-state index is 0.398. The van der Waals surface area contributed by atoms with Crippen molar-refractivity contribution in [1.82, 2.24) is 24.6 Å². The van der Waals surface area contributed by atoms with Gasteiger partial charge in [0.2, 0.25) is 0 Å². The molecule has 5 nitrogen and oxygen atoms in total. The highest BCUT2D eigenvalue weighted by Gasteiger charge is 2.09. The molecular weight excluding hydrogens is 262 g/mol. The van der Waals surface area contributed by atoms with Crippen LogP contribution in [-0.4, -0.2) is 25.9 Å². The second-order valence-corrected chi connectivity index (χ2v) is 6.29. The molecule has 0 saturated carbocycles. The molecule has 2 heterocycles. The Morgan fingerprint density at radius 1 is 1.24 bits per heavy atom. The van der Waals surface area contributed by atoms with Crippen LogP contribution in [0.1, 0.15) is 50.9 Å². The number of aryl methyl sites for hydroxylation is 1. The van der Waals surface area contributed by atoms with Crippen LogP contribution in [0, 0.1) is 12.8 Å². The second-order valence-electron chi connectivity index (χ2n) is 6.29. The molecule has 0 amide bonds. The minimum absolute atomic E-state index is 0.398. The van der Waals surface area contributed by atoms with E-state index in [-0.39, 0.29) is 0 Å². The first-order valence-electron chi connectivity index (χ1n) is 7.73. The second kappa shape index (κ2) is 6.89. The molecule has 2 aromatic rings. The van der Waals surface area contributed by atoms with E-state index in [0.29, 0.717) is 12.0 Å². The minimum Gasteiger partial charge on any atom is -0.325 e. The van der Waals surface area contributed by atoms with Crippen LogP contribution in [0.25, 0.3) is 0 Å². The molecule has 2 aromatic heterocycles. The molecule has 0 aromatic carbocycles. The molecule has 0 aliphatic carbocycles. The molecular formula is C16H27N5. The molecule has 21 heavy (non-hydrogen) atoms. The number of imidazole rings is 1. The SMILES string of the molecule is Cc1ncc(CNCC(C)C)n1Cc1ccn(C(C)C)n1. The number of rotatable bonds is 7. The van der Waals surface area contributed by atoms with Gasteiger partial charge in [0.25, 0.3) is 0 Å². The van der Waals surface area contributed by atoms with E-state index in [0.717, 1.165) is 31.2 Å². The van der Waals surface area contributed by atoms with Crippen LogP contribution in [-0.2, 0) is 13.1 Å². The van der Waals surface area contributed by atoms with Crippen molar-refractivity contribution in [2.45, 2.75) is 53.8 Å². The lowest BCUT2D eigenvalue weighted by Gasteiger charge is -2.11. The highest BCUT2D eigenvalue weighted by atomic mass is 15.3. The zero-order valence-corrected chi connectivity index (χ0v) is 13.8. The number of nitrogens with zero attached hydrogens (tertiary/aromatic N) is 4. The molecule has 5 heteroatoms. The highest BCUT2D eigenvalue weighted by Crippen LogP contribution is 2.10. The molecule has 0 radical (unpaired) electrons. The Kier molecular flexibility index (Phi) is 5.17. The molecule has 0 bridgehead atoms. The highest BCUT2D eigenvalue weighted by molar-refractivity contribution is 5.09. The van der Waals surface area contributed by atoms with E-state index < -0.39 is 0 Å². The Hall–Kier alpha value is -1.62. The maximum absolute atomic E-state index is 4.62. The molecule has 0 unspecified atom stereocenters. The maximum Gasteiger partial charge on any atom is 0.106 e. The number of nitrogens with one attached hydrogen (secondary N) is 1. The Morgan fingerprint density at radius 2 is 2.00 bits per heavy atom. The standard InChI is InChI=1S/C16H27N5/c1-12(2)8-17-9-16-10-18-14(5)20(16)11-15-6-7-21(19-15)13(3)4/h6-7,10,12-13,17H,8-9,11H2,1-5H3. The summed E-state index contributed by atoms with van der Waals surface area (Å²) in [6, 6.07) is 2.49. The van der Waals surface area contributed by atoms with E-state index in [4.69, 9.17) is 0 Å². The lowest BCUT2D eigenvalue weighted by molar-refractivity contribution is 0.518. The van der Waals surface area contributed by atoms with Crippen LogP contribution in [0.3, 0.4) is 0 Å². The average molecular weight is 289 g/mol. The molecule has 116 valence electrons. The lowest BCUT2D eigenvalue weighted by Crippen LogP contribution is -2.21. The first-order chi connectivity index (χ1) is 9.97. The maximum atomic E-state index is 4.62. The summed E-state index contributed by atoms with van der Waals surface area (Å²) in [5.41, 5.74) is 2.29. The van der Waals surface area contributed by atoms with Gasteiger partial charge >= 0.3 is 0 Å². The molecule has 0 saturated heterocycles. The smallest absolute Gasteiger partial charge is 0.106 e. The molecule has 0 atom stereocenters. The van der Waals surface area contributed by atoms with Gasteiger partial charge in [0.15, 0.2) is 0 Å². The van der Waals surface area contributed by atoms with E-state index in [2.05, 4.69) is 53.7 Å². The summed E-state index contributed by atoms with van der Waals surface area (Å²) >= 11 is 0. The van der Waals surface area contributed by atoms with Crippen molar-refractivity contribution in [1.29, 1.82) is 0 Å². The zero-order chi connectivity index (χ0) is 15.4. The first-order valence-corrected chi connectivity index (χ1v) is 7.73. The molecule has 0 fully saturated rings. The predicted octanol–water partition coefficient (Wildman–Crippen LogP) is 2.76. The first kappa shape index (κ1) is 15.8. The van der Waals surface area contributed by atoms with Gasteiger partial charge < -0.3 is 9.88 Å². The summed E-state index contributed by atoms with van der Waals surface area (Å²) in [5, 5.41) is 8.10. The largest absolute Gasteiger partial charge is 0.325 e. The van der Waals surface area contributed by atoms with Gasteiger partial charge in [0.1, 0.15) is 5.82 Å². The fraction of sp³-hybridized carbons (Fsp3) is 0.625. The molecule has 2 rings (SSSR count). The predicted molar refractivity (Wildman–Crippen MR) is 85.2 cm³/mol. The van der Waals surface area contributed by atoms with E-state index in [1.807, 2.05) is 24.0 Å². The quantitative estimate of drug-likeness (QED) is 0.852. The van der Waals surface area contributed by atoms with Gasteiger partial charge in [-0.05, 0) is 39.3 Å². The van der Waals surface area contributed by atoms with E-state index in [1.54, 1.807) is 0 Å². The van der Waals surface area contributed by atoms with Crippen molar-refractivity contribution >= 4 is 0 Å². The van der Waals surface area contributed by atoms with Crippen LogP contribution in [0.4, 0.5) is 0 Å². The molecule has 0 spiro atoms. The Labute approximate surface area is 127 Å². The van der Waals surface area contributed by atoms with Crippen LogP contribution >= 0.6 is 0 Å². The van der Waals surface area contributed by atoms with Crippen molar-refractivity contribution in [3.63, 3.8) is 0 Å². The van der Waals surface area contributed by atoms with Crippen molar-refractivity contribution in [3.05, 3.63) is 35.7 Å². The van der Waals surface area contributed by atoms with Crippen LogP contribution in [0.15, 0.2) is 18.5 Å². The van der Waals surface area contributed by atoms with E-state index in [9.17, 15) is 0 Å². The van der Waals surface area contributed by atoms with Gasteiger partial charge in [0.05, 0.1) is 17.9 Å². The van der Waals surface area contributed by atoms with Crippen LogP contribution in [0.2, 0.25) is 0 Å². The van der Waals surface area contributed by atoms with Crippen LogP contribution < -0.4 is 5.32 Å². The summed E-state index contributed by atoms with van der Waals surface area (Å²) in [5.74, 6) is 1.69. The summed E-state index contributed by atoms with van der Waals surface area (Å²) in [6.45, 7) is 13.4. The van der Waals surface area contributed by atoms with Gasteiger partial charge in [0, 0.05) is 25.0 Å². The third-order valence-electron chi connectivity index (χ3n) is 3.51. The Morgan fingerprint density at radius 3 is 2.62 bits per heavy atom. The number of hydrogen-bond donors (Lipinski definition) is 1. The summed E-state index contributed by atoms with van der Waals surface area (Å²) in [4.78, 5) is 4.44. The normalized spacial score (nSPS) is 11.8. The van der Waals surface area contributed by atoms with E-state index in [1.165, 1.54) is 5.69 Å². The summed E-state index contributed by atoms with van der Waals surface area (Å²) in [6.07, 6.45) is 4.01. The Bertz CT molecular complexity index is 565. The fourth-order valence-corrected chi connectivity index (χ4v) is 2.27. The molecule has 0 aliphatic heterocycles. The third kappa shape index (κ3) is 4.17. The van der Waals surface area contributed by atoms with Crippen molar-refractivity contribution in [2.75, 3.05) is 6.54 Å². The third-order valence-corrected chi connectivity index (χ3v) is 3.51. The topological polar surface area (TPSA) is 47.7 Å². The Balaban J connectivity index is 2.06. The summed E-state index contributed by atoms with van der Waals surface area (Å²) in [7, 11) is 0. The van der Waals surface area contributed by atoms with Gasteiger partial charge in [-0.3, -0.25) is 4.68 Å². The van der Waals surface area contributed by atoms with Gasteiger partial charge in [-0.2, -0.15) is 5.10 Å². The van der Waals surface area contributed by atoms with Crippen molar-refractivity contribution in [3.8, 4) is 0 Å². The number of aromatic nitrogens is 4.